The van der Waals surface area contributed by atoms with Crippen molar-refractivity contribution in [2.75, 3.05) is 13.2 Å². The van der Waals surface area contributed by atoms with Crippen LogP contribution in [0, 0.1) is 5.82 Å². The van der Waals surface area contributed by atoms with Crippen LogP contribution in [0.1, 0.15) is 66.4 Å². The van der Waals surface area contributed by atoms with Crippen molar-refractivity contribution in [3.63, 3.8) is 0 Å². The van der Waals surface area contributed by atoms with Gasteiger partial charge in [-0.1, -0.05) is 50.1 Å². The molecule has 0 saturated heterocycles. The molecule has 38 heavy (non-hydrogen) atoms. The molecule has 0 spiro atoms. The fourth-order valence-corrected chi connectivity index (χ4v) is 4.88. The van der Waals surface area contributed by atoms with Crippen molar-refractivity contribution in [2.45, 2.75) is 45.7 Å². The summed E-state index contributed by atoms with van der Waals surface area (Å²) >= 11 is 0. The summed E-state index contributed by atoms with van der Waals surface area (Å²) in [5, 5.41) is 0.411. The van der Waals surface area contributed by atoms with Gasteiger partial charge in [-0.15, -0.1) is 0 Å². The number of ether oxygens (including phenoxy) is 2. The largest absolute Gasteiger partial charge is 0.490 e. The molecule has 6 nitrogen and oxygen atoms in total. The topological polar surface area (TPSA) is 69.0 Å². The van der Waals surface area contributed by atoms with E-state index in [2.05, 4.69) is 6.92 Å². The molecular formula is C31H30FNO5. The fourth-order valence-electron chi connectivity index (χ4n) is 4.88. The lowest BCUT2D eigenvalue weighted by atomic mass is 9.97. The number of hydrogen-bond donors (Lipinski definition) is 0. The third-order valence-electron chi connectivity index (χ3n) is 6.73. The summed E-state index contributed by atoms with van der Waals surface area (Å²) in [6, 6.07) is 17.7. The third-order valence-corrected chi connectivity index (χ3v) is 6.73. The van der Waals surface area contributed by atoms with Gasteiger partial charge >= 0.3 is 0 Å². The fraction of sp³-hybridized carbons (Fsp3) is 0.290. The number of nitrogens with zero attached hydrogens (tertiary/aromatic N) is 1. The molecule has 1 atom stereocenters. The quantitative estimate of drug-likeness (QED) is 0.221. The predicted molar refractivity (Wildman–Crippen MR) is 143 cm³/mol. The lowest BCUT2D eigenvalue weighted by Gasteiger charge is -2.26. The standard InChI is InChI=1S/C31H30FNO5/c1-3-5-8-17-37-25-16-13-21(18-26(25)36-4-2)28-27-29(34)23-9-6-7-10-24(23)38-30(27)31(35)33(28)19-20-11-14-22(32)15-12-20/h6-7,9-16,18,28H,3-5,8,17,19H2,1-2H3. The molecule has 3 aromatic carbocycles. The van der Waals surface area contributed by atoms with Gasteiger partial charge in [0.05, 0.1) is 30.2 Å². The Kier molecular flexibility index (Phi) is 7.45. The third kappa shape index (κ3) is 4.88. The average molecular weight is 516 g/mol. The van der Waals surface area contributed by atoms with Crippen LogP contribution in [0.5, 0.6) is 11.5 Å². The zero-order valence-electron chi connectivity index (χ0n) is 21.5. The highest BCUT2D eigenvalue weighted by Gasteiger charge is 2.43. The zero-order chi connectivity index (χ0) is 26.6. The molecule has 0 bridgehead atoms. The van der Waals surface area contributed by atoms with E-state index in [4.69, 9.17) is 13.9 Å². The number of para-hydroxylation sites is 1. The van der Waals surface area contributed by atoms with Gasteiger partial charge in [0, 0.05) is 6.54 Å². The molecule has 0 fully saturated rings. The number of carbonyl (C=O) groups excluding carboxylic acids is 1. The Morgan fingerprint density at radius 3 is 2.47 bits per heavy atom. The molecule has 1 aromatic heterocycles. The first-order valence-corrected chi connectivity index (χ1v) is 13.0. The maximum atomic E-state index is 13.7. The summed E-state index contributed by atoms with van der Waals surface area (Å²) in [6.07, 6.45) is 3.11. The monoisotopic (exact) mass is 515 g/mol. The Morgan fingerprint density at radius 2 is 1.71 bits per heavy atom. The van der Waals surface area contributed by atoms with E-state index in [1.54, 1.807) is 41.3 Å². The maximum Gasteiger partial charge on any atom is 0.291 e. The van der Waals surface area contributed by atoms with Crippen LogP contribution in [-0.4, -0.2) is 24.0 Å². The van der Waals surface area contributed by atoms with E-state index in [1.165, 1.54) is 12.1 Å². The van der Waals surface area contributed by atoms with Crippen molar-refractivity contribution in [3.8, 4) is 11.5 Å². The number of hydrogen-bond acceptors (Lipinski definition) is 5. The molecule has 0 saturated carbocycles. The Morgan fingerprint density at radius 1 is 0.921 bits per heavy atom. The minimum atomic E-state index is -0.711. The van der Waals surface area contributed by atoms with Crippen LogP contribution in [0.15, 0.2) is 75.9 Å². The molecule has 196 valence electrons. The molecular weight excluding hydrogens is 485 g/mol. The van der Waals surface area contributed by atoms with Gasteiger partial charge in [0.1, 0.15) is 11.4 Å². The summed E-state index contributed by atoms with van der Waals surface area (Å²) < 4.78 is 31.5. The Bertz CT molecular complexity index is 1510. The number of unbranched alkanes of at least 4 members (excludes halogenated alkanes) is 2. The summed E-state index contributed by atoms with van der Waals surface area (Å²) in [5.74, 6) is 0.440. The summed E-state index contributed by atoms with van der Waals surface area (Å²) in [5.41, 5.74) is 1.83. The molecule has 0 aliphatic carbocycles. The van der Waals surface area contributed by atoms with Gasteiger partial charge in [0.25, 0.3) is 5.91 Å². The van der Waals surface area contributed by atoms with Crippen LogP contribution in [0.4, 0.5) is 4.39 Å². The predicted octanol–water partition coefficient (Wildman–Crippen LogP) is 6.65. The molecule has 2 heterocycles. The van der Waals surface area contributed by atoms with Gasteiger partial charge in [-0.25, -0.2) is 4.39 Å². The summed E-state index contributed by atoms with van der Waals surface area (Å²) in [4.78, 5) is 29.0. The molecule has 0 radical (unpaired) electrons. The average Bonchev–Trinajstić information content (AvgIpc) is 3.20. The maximum absolute atomic E-state index is 13.7. The van der Waals surface area contributed by atoms with Crippen molar-refractivity contribution >= 4 is 16.9 Å². The van der Waals surface area contributed by atoms with Gasteiger partial charge in [-0.3, -0.25) is 9.59 Å². The van der Waals surface area contributed by atoms with Crippen molar-refractivity contribution in [2.24, 2.45) is 0 Å². The number of halogens is 1. The first kappa shape index (κ1) is 25.5. The van der Waals surface area contributed by atoms with E-state index < -0.39 is 11.9 Å². The first-order chi connectivity index (χ1) is 18.5. The van der Waals surface area contributed by atoms with Crippen LogP contribution in [0.2, 0.25) is 0 Å². The second-order valence-corrected chi connectivity index (χ2v) is 9.33. The number of fused-ring (bicyclic) bond motifs is 2. The number of amides is 1. The van der Waals surface area contributed by atoms with E-state index in [9.17, 15) is 14.0 Å². The van der Waals surface area contributed by atoms with Crippen molar-refractivity contribution < 1.29 is 23.1 Å². The van der Waals surface area contributed by atoms with Gasteiger partial charge in [0.15, 0.2) is 16.9 Å². The minimum Gasteiger partial charge on any atom is -0.490 e. The number of benzene rings is 3. The van der Waals surface area contributed by atoms with Crippen LogP contribution in [-0.2, 0) is 6.54 Å². The van der Waals surface area contributed by atoms with Crippen LogP contribution < -0.4 is 14.9 Å². The van der Waals surface area contributed by atoms with E-state index in [1.807, 2.05) is 25.1 Å². The highest BCUT2D eigenvalue weighted by molar-refractivity contribution is 5.99. The number of carbonyl (C=O) groups is 1. The summed E-state index contributed by atoms with van der Waals surface area (Å²) in [6.45, 7) is 5.20. The highest BCUT2D eigenvalue weighted by Crippen LogP contribution is 2.41. The van der Waals surface area contributed by atoms with E-state index in [0.29, 0.717) is 41.2 Å². The van der Waals surface area contributed by atoms with Gasteiger partial charge in [-0.05, 0) is 60.9 Å². The van der Waals surface area contributed by atoms with E-state index >= 15 is 0 Å². The van der Waals surface area contributed by atoms with Crippen molar-refractivity contribution in [1.29, 1.82) is 0 Å². The molecule has 0 N–H and O–H groups in total. The van der Waals surface area contributed by atoms with E-state index in [0.717, 1.165) is 24.8 Å². The van der Waals surface area contributed by atoms with Gasteiger partial charge < -0.3 is 18.8 Å². The zero-order valence-corrected chi connectivity index (χ0v) is 21.5. The molecule has 7 heteroatoms. The van der Waals surface area contributed by atoms with Crippen LogP contribution in [0.25, 0.3) is 11.0 Å². The molecule has 5 rings (SSSR count). The highest BCUT2D eigenvalue weighted by atomic mass is 19.1. The lowest BCUT2D eigenvalue weighted by molar-refractivity contribution is 0.0714. The second kappa shape index (κ2) is 11.1. The van der Waals surface area contributed by atoms with Gasteiger partial charge in [-0.2, -0.15) is 0 Å². The minimum absolute atomic E-state index is 0.0265. The Labute approximate surface area is 220 Å². The first-order valence-electron chi connectivity index (χ1n) is 13.0. The van der Waals surface area contributed by atoms with E-state index in [-0.39, 0.29) is 29.1 Å². The molecule has 4 aromatic rings. The van der Waals surface area contributed by atoms with Gasteiger partial charge in [0.2, 0.25) is 5.76 Å². The van der Waals surface area contributed by atoms with Crippen LogP contribution >= 0.6 is 0 Å². The number of rotatable bonds is 10. The van der Waals surface area contributed by atoms with Crippen molar-refractivity contribution in [1.82, 2.24) is 4.90 Å². The SMILES string of the molecule is CCCCCOc1ccc(C2c3c(oc4ccccc4c3=O)C(=O)N2Cc2ccc(F)cc2)cc1OCC. The Hall–Kier alpha value is -4.13. The molecule has 1 amide bonds. The Balaban J connectivity index is 1.61. The summed E-state index contributed by atoms with van der Waals surface area (Å²) in [7, 11) is 0. The lowest BCUT2D eigenvalue weighted by Crippen LogP contribution is -2.29. The molecule has 1 unspecified atom stereocenters. The second-order valence-electron chi connectivity index (χ2n) is 9.33. The molecule has 1 aliphatic rings. The smallest absolute Gasteiger partial charge is 0.291 e. The van der Waals surface area contributed by atoms with Crippen molar-refractivity contribution in [3.05, 3.63) is 105 Å². The molecule has 1 aliphatic heterocycles. The normalized spacial score (nSPS) is 14.7. The van der Waals surface area contributed by atoms with Crippen LogP contribution in [0.3, 0.4) is 0 Å².